The van der Waals surface area contributed by atoms with Crippen LogP contribution in [0.1, 0.15) is 33.1 Å². The molecule has 3 atom stereocenters. The minimum Gasteiger partial charge on any atom is -0.483 e. The van der Waals surface area contributed by atoms with Crippen LogP contribution in [0.2, 0.25) is 5.02 Å². The molecule has 13 nitrogen and oxygen atoms in total. The van der Waals surface area contributed by atoms with Crippen molar-refractivity contribution in [3.8, 4) is 11.3 Å². The third-order valence-electron chi connectivity index (χ3n) is 8.50. The van der Waals surface area contributed by atoms with E-state index in [-0.39, 0.29) is 57.6 Å². The molecule has 1 saturated carbocycles. The molecule has 1 aromatic carbocycles. The van der Waals surface area contributed by atoms with Gasteiger partial charge in [0, 0.05) is 56.6 Å². The van der Waals surface area contributed by atoms with Crippen molar-refractivity contribution in [2.45, 2.75) is 19.4 Å². The third-order valence-corrected chi connectivity index (χ3v) is 8.81. The number of imidazole rings is 1. The van der Waals surface area contributed by atoms with Crippen LogP contribution in [0, 0.1) is 17.8 Å². The van der Waals surface area contributed by atoms with Crippen LogP contribution < -0.4 is 10.6 Å². The number of carbonyl (C=O) groups excluding carboxylic acids is 3. The van der Waals surface area contributed by atoms with Gasteiger partial charge in [-0.05, 0) is 43.1 Å². The topological polar surface area (TPSA) is 155 Å². The van der Waals surface area contributed by atoms with Crippen molar-refractivity contribution in [1.82, 2.24) is 34.4 Å². The molecule has 6 rings (SSSR count). The largest absolute Gasteiger partial charge is 0.483 e. The maximum absolute atomic E-state index is 13.6. The fraction of sp³-hybridized carbons (Fsp3) is 0.448. The van der Waals surface area contributed by atoms with Gasteiger partial charge in [-0.25, -0.2) is 22.5 Å². The molecule has 18 heteroatoms. The van der Waals surface area contributed by atoms with Gasteiger partial charge in [0.15, 0.2) is 5.82 Å². The smallest absolute Gasteiger partial charge is 0.291 e. The second-order valence-corrected chi connectivity index (χ2v) is 11.7. The summed E-state index contributed by atoms with van der Waals surface area (Å²) in [6.07, 6.45) is -3.58. The molecule has 0 radical (unpaired) electrons. The monoisotopic (exact) mass is 682 g/mol. The lowest BCUT2D eigenvalue weighted by molar-refractivity contribution is -0.134. The van der Waals surface area contributed by atoms with Crippen molar-refractivity contribution in [3.05, 3.63) is 52.7 Å². The van der Waals surface area contributed by atoms with Crippen molar-refractivity contribution in [2.75, 3.05) is 44.6 Å². The van der Waals surface area contributed by atoms with Gasteiger partial charge in [0.25, 0.3) is 31.1 Å². The molecule has 1 unspecified atom stereocenters. The molecule has 0 spiro atoms. The van der Waals surface area contributed by atoms with E-state index >= 15 is 0 Å². The molecular formula is C29H31ClF4N8O5. The van der Waals surface area contributed by atoms with Crippen LogP contribution in [0.15, 0.2) is 30.6 Å². The zero-order valence-electron chi connectivity index (χ0n) is 25.0. The lowest BCUT2D eigenvalue weighted by Crippen LogP contribution is -2.51. The van der Waals surface area contributed by atoms with E-state index in [1.807, 2.05) is 4.90 Å². The number of fused-ring (bicyclic) bond motifs is 1. The van der Waals surface area contributed by atoms with Gasteiger partial charge in [0.2, 0.25) is 5.91 Å². The Morgan fingerprint density at radius 2 is 1.74 bits per heavy atom. The van der Waals surface area contributed by atoms with E-state index in [1.54, 1.807) is 4.90 Å². The van der Waals surface area contributed by atoms with E-state index in [9.17, 15) is 31.9 Å². The molecular weight excluding hydrogens is 652 g/mol. The van der Waals surface area contributed by atoms with E-state index in [4.69, 9.17) is 21.5 Å². The molecule has 252 valence electrons. The highest BCUT2D eigenvalue weighted by molar-refractivity contribution is 6.34. The number of aromatic nitrogens is 4. The van der Waals surface area contributed by atoms with Crippen LogP contribution in [0.5, 0.6) is 0 Å². The molecule has 4 heterocycles. The van der Waals surface area contributed by atoms with Crippen molar-refractivity contribution < 1.29 is 41.8 Å². The molecule has 2 aromatic heterocycles. The standard InChI is InChI=1S/C28H29ClF4N8O3.CH2O2/c1-38-20(18-12-41(13-21(30)31)37-23(18)24(32)33)11-35-25(38)26(42)36-14-2-3-15(19(29)8-14)27(43)39-4-6-40(7-5-39)28(44)22-16-9-34-10-17(16)22;2-1-3/h2-3,8,11-12,16-17,21-22,24,34H,4-7,9-10,13H2,1H3,(H,36,42);1H,(H,2,3)/t16-,17+,22?;. The molecule has 3 N–H and O–H groups in total. The Hall–Kier alpha value is -4.51. The molecule has 3 amide bonds. The van der Waals surface area contributed by atoms with Gasteiger partial charge in [0.1, 0.15) is 12.2 Å². The number of hydrogen-bond donors (Lipinski definition) is 3. The van der Waals surface area contributed by atoms with Gasteiger partial charge in [-0.15, -0.1) is 0 Å². The van der Waals surface area contributed by atoms with Crippen LogP contribution in [0.25, 0.3) is 11.3 Å². The summed E-state index contributed by atoms with van der Waals surface area (Å²) >= 11 is 6.43. The first-order valence-electron chi connectivity index (χ1n) is 14.6. The quantitative estimate of drug-likeness (QED) is 0.242. The fourth-order valence-electron chi connectivity index (χ4n) is 6.15. The number of piperazine rings is 1. The Labute approximate surface area is 270 Å². The Kier molecular flexibility index (Phi) is 10.1. The molecule has 3 aromatic rings. The Morgan fingerprint density at radius 1 is 1.11 bits per heavy atom. The van der Waals surface area contributed by atoms with Crippen LogP contribution in [-0.4, -0.2) is 104 Å². The highest BCUT2D eigenvalue weighted by Crippen LogP contribution is 2.49. The molecule has 2 aliphatic heterocycles. The zero-order valence-corrected chi connectivity index (χ0v) is 25.7. The average molecular weight is 683 g/mol. The lowest BCUT2D eigenvalue weighted by Gasteiger charge is -2.35. The van der Waals surface area contributed by atoms with Gasteiger partial charge in [-0.1, -0.05) is 11.6 Å². The summed E-state index contributed by atoms with van der Waals surface area (Å²) in [6, 6.07) is 4.41. The molecule has 3 aliphatic rings. The highest BCUT2D eigenvalue weighted by Gasteiger charge is 2.58. The third kappa shape index (κ3) is 7.10. The predicted octanol–water partition coefficient (Wildman–Crippen LogP) is 2.84. The minimum absolute atomic E-state index is 0.0868. The zero-order chi connectivity index (χ0) is 34.0. The van der Waals surface area contributed by atoms with Gasteiger partial charge >= 0.3 is 0 Å². The first kappa shape index (κ1) is 33.8. The van der Waals surface area contributed by atoms with Crippen molar-refractivity contribution in [3.63, 3.8) is 0 Å². The van der Waals surface area contributed by atoms with Gasteiger partial charge < -0.3 is 30.1 Å². The number of rotatable bonds is 8. The summed E-state index contributed by atoms with van der Waals surface area (Å²) in [5, 5.41) is 16.5. The molecule has 3 fully saturated rings. The number of carbonyl (C=O) groups is 4. The first-order valence-corrected chi connectivity index (χ1v) is 15.0. The maximum Gasteiger partial charge on any atom is 0.291 e. The number of nitrogens with zero attached hydrogens (tertiary/aromatic N) is 6. The summed E-state index contributed by atoms with van der Waals surface area (Å²) < 4.78 is 54.7. The van der Waals surface area contributed by atoms with Crippen molar-refractivity contribution in [2.24, 2.45) is 24.8 Å². The molecule has 2 saturated heterocycles. The number of benzene rings is 1. The van der Waals surface area contributed by atoms with Gasteiger partial charge in [-0.2, -0.15) is 5.10 Å². The van der Waals surface area contributed by atoms with E-state index in [2.05, 4.69) is 20.7 Å². The average Bonchev–Trinajstić information content (AvgIpc) is 3.39. The number of piperidine rings is 1. The Bertz CT molecular complexity index is 1650. The van der Waals surface area contributed by atoms with Crippen LogP contribution in [0.4, 0.5) is 23.2 Å². The first-order chi connectivity index (χ1) is 22.4. The van der Waals surface area contributed by atoms with Crippen LogP contribution >= 0.6 is 11.6 Å². The summed E-state index contributed by atoms with van der Waals surface area (Å²) in [6.45, 7) is 2.34. The van der Waals surface area contributed by atoms with Crippen molar-refractivity contribution >= 4 is 41.5 Å². The SMILES string of the molecule is Cn1c(-c2cn(CC(F)F)nc2C(F)F)cnc1C(=O)Nc1ccc(C(=O)N2CCN(C(=O)C3[C@H]4CNC[C@@H]34)CC2)c(Cl)c1.O=CO. The van der Waals surface area contributed by atoms with E-state index in [1.165, 1.54) is 36.0 Å². The van der Waals surface area contributed by atoms with Crippen LogP contribution in [0.3, 0.4) is 0 Å². The van der Waals surface area contributed by atoms with Crippen LogP contribution in [-0.2, 0) is 23.2 Å². The summed E-state index contributed by atoms with van der Waals surface area (Å²) in [7, 11) is 1.42. The number of amides is 3. The number of anilines is 1. The molecule has 1 aliphatic carbocycles. The summed E-state index contributed by atoms with van der Waals surface area (Å²) in [5.41, 5.74) is -0.240. The number of halogens is 5. The summed E-state index contributed by atoms with van der Waals surface area (Å²) in [5.74, 6) is 0.0118. The van der Waals surface area contributed by atoms with Crippen molar-refractivity contribution in [1.29, 1.82) is 0 Å². The highest BCUT2D eigenvalue weighted by atomic mass is 35.5. The molecule has 47 heavy (non-hydrogen) atoms. The Morgan fingerprint density at radius 3 is 2.34 bits per heavy atom. The second kappa shape index (κ2) is 14.1. The number of alkyl halides is 4. The minimum atomic E-state index is -3.04. The Balaban J connectivity index is 0.00000139. The summed E-state index contributed by atoms with van der Waals surface area (Å²) in [4.78, 5) is 54.9. The second-order valence-electron chi connectivity index (χ2n) is 11.3. The van der Waals surface area contributed by atoms with E-state index < -0.39 is 31.0 Å². The maximum atomic E-state index is 13.6. The number of nitrogens with one attached hydrogen (secondary N) is 2. The predicted molar refractivity (Wildman–Crippen MR) is 159 cm³/mol. The number of carboxylic acid groups (broad SMARTS) is 1. The molecule has 0 bridgehead atoms. The fourth-order valence-corrected chi connectivity index (χ4v) is 6.41. The van der Waals surface area contributed by atoms with E-state index in [0.29, 0.717) is 38.0 Å². The lowest BCUT2D eigenvalue weighted by atomic mass is 10.1. The van der Waals surface area contributed by atoms with E-state index in [0.717, 1.165) is 24.0 Å². The number of hydrogen-bond acceptors (Lipinski definition) is 7. The normalized spacial score (nSPS) is 20.1. The van der Waals surface area contributed by atoms with Gasteiger partial charge in [0.05, 0.1) is 22.5 Å². The van der Waals surface area contributed by atoms with Gasteiger partial charge in [-0.3, -0.25) is 23.9 Å².